The summed E-state index contributed by atoms with van der Waals surface area (Å²) in [7, 11) is 1.55. The van der Waals surface area contributed by atoms with Gasteiger partial charge >= 0.3 is 0 Å². The number of rotatable bonds is 7. The van der Waals surface area contributed by atoms with Gasteiger partial charge in [0.25, 0.3) is 5.91 Å². The highest BCUT2D eigenvalue weighted by atomic mass is 16.5. The predicted molar refractivity (Wildman–Crippen MR) is 110 cm³/mol. The molecule has 1 heterocycles. The van der Waals surface area contributed by atoms with Gasteiger partial charge in [-0.05, 0) is 32.0 Å². The molecule has 0 aromatic heterocycles. The molecule has 0 spiro atoms. The summed E-state index contributed by atoms with van der Waals surface area (Å²) in [5, 5.41) is 2.68. The second-order valence-electron chi connectivity index (χ2n) is 7.14. The molecule has 0 aliphatic carbocycles. The van der Waals surface area contributed by atoms with Crippen LogP contribution in [-0.2, 0) is 11.2 Å². The number of hydrogen-bond donors (Lipinski definition) is 1. The molecule has 29 heavy (non-hydrogen) atoms. The Balaban J connectivity index is 1.40. The monoisotopic (exact) mass is 395 g/mol. The maximum Gasteiger partial charge on any atom is 0.258 e. The molecular weight excluding hydrogens is 370 g/mol. The number of nitrogens with one attached hydrogen (secondary N) is 1. The summed E-state index contributed by atoms with van der Waals surface area (Å²) in [5.41, 5.74) is 0.923. The first-order valence-electron chi connectivity index (χ1n) is 9.40. The van der Waals surface area contributed by atoms with Gasteiger partial charge in [-0.3, -0.25) is 4.79 Å². The van der Waals surface area contributed by atoms with Crippen LogP contribution >= 0.6 is 0 Å². The molecule has 6 heteroatoms. The Morgan fingerprint density at radius 2 is 1.83 bits per heavy atom. The highest BCUT2D eigenvalue weighted by Crippen LogP contribution is 2.41. The van der Waals surface area contributed by atoms with Crippen LogP contribution in [0.1, 0.15) is 19.4 Å². The fraction of sp³-hybridized carbons (Fsp3) is 0.348. The summed E-state index contributed by atoms with van der Waals surface area (Å²) in [6, 6.07) is 13.0. The molecule has 2 aromatic rings. The Morgan fingerprint density at radius 3 is 2.62 bits per heavy atom. The largest absolute Gasteiger partial charge is 0.493 e. The zero-order chi connectivity index (χ0) is 20.7. The topological polar surface area (TPSA) is 66.0 Å². The standard InChI is InChI=1S/C23H25NO5/c1-23(2)15-17-9-8-12-20(22(17)29-23)27-14-7-6-13-24-21(25)16-28-19-11-5-4-10-18(19)26-3/h4-5,8-12H,13-16H2,1-3H3,(H,24,25). The summed E-state index contributed by atoms with van der Waals surface area (Å²) in [6.07, 6.45) is 0.855. The lowest BCUT2D eigenvalue weighted by Gasteiger charge is -2.17. The Labute approximate surface area is 171 Å². The van der Waals surface area contributed by atoms with E-state index in [1.807, 2.05) is 30.3 Å². The molecule has 1 N–H and O–H groups in total. The first kappa shape index (κ1) is 20.4. The number of ether oxygens (including phenoxy) is 4. The minimum absolute atomic E-state index is 0.109. The summed E-state index contributed by atoms with van der Waals surface area (Å²) in [5.74, 6) is 8.08. The number of hydrogen-bond acceptors (Lipinski definition) is 5. The smallest absolute Gasteiger partial charge is 0.258 e. The molecule has 0 radical (unpaired) electrons. The molecule has 1 aliphatic rings. The van der Waals surface area contributed by atoms with Gasteiger partial charge in [0.2, 0.25) is 0 Å². The van der Waals surface area contributed by atoms with Crippen LogP contribution in [-0.4, -0.2) is 38.4 Å². The number of para-hydroxylation sites is 3. The number of carbonyl (C=O) groups is 1. The minimum Gasteiger partial charge on any atom is -0.493 e. The Hall–Kier alpha value is -3.33. The van der Waals surface area contributed by atoms with Crippen LogP contribution in [0.4, 0.5) is 0 Å². The Morgan fingerprint density at radius 1 is 1.07 bits per heavy atom. The van der Waals surface area contributed by atoms with Crippen molar-refractivity contribution in [1.82, 2.24) is 5.32 Å². The van der Waals surface area contributed by atoms with E-state index in [9.17, 15) is 4.79 Å². The van der Waals surface area contributed by atoms with Crippen molar-refractivity contribution in [3.05, 3.63) is 48.0 Å². The normalized spacial score (nSPS) is 13.3. The number of carbonyl (C=O) groups excluding carboxylic acids is 1. The van der Waals surface area contributed by atoms with Crippen LogP contribution in [0.15, 0.2) is 42.5 Å². The number of benzene rings is 2. The Bertz CT molecular complexity index is 926. The maximum absolute atomic E-state index is 11.9. The average molecular weight is 395 g/mol. The molecule has 0 bridgehead atoms. The van der Waals surface area contributed by atoms with Gasteiger partial charge in [-0.2, -0.15) is 0 Å². The first-order valence-corrected chi connectivity index (χ1v) is 9.40. The van der Waals surface area contributed by atoms with E-state index < -0.39 is 0 Å². The molecular formula is C23H25NO5. The van der Waals surface area contributed by atoms with Crippen LogP contribution in [0.2, 0.25) is 0 Å². The molecule has 0 unspecified atom stereocenters. The van der Waals surface area contributed by atoms with Crippen molar-refractivity contribution in [3.8, 4) is 34.8 Å². The molecule has 3 rings (SSSR count). The van der Waals surface area contributed by atoms with Gasteiger partial charge in [0, 0.05) is 12.0 Å². The lowest BCUT2D eigenvalue weighted by Crippen LogP contribution is -2.29. The third-order valence-electron chi connectivity index (χ3n) is 4.28. The van der Waals surface area contributed by atoms with Gasteiger partial charge in [-0.1, -0.05) is 36.1 Å². The molecule has 0 atom stereocenters. The molecule has 0 saturated heterocycles. The third kappa shape index (κ3) is 5.58. The van der Waals surface area contributed by atoms with Gasteiger partial charge in [-0.25, -0.2) is 0 Å². The lowest BCUT2D eigenvalue weighted by atomic mass is 10.0. The maximum atomic E-state index is 11.9. The molecule has 152 valence electrons. The van der Waals surface area contributed by atoms with E-state index in [0.29, 0.717) is 17.2 Å². The van der Waals surface area contributed by atoms with E-state index in [1.165, 1.54) is 0 Å². The molecule has 2 aromatic carbocycles. The lowest BCUT2D eigenvalue weighted by molar-refractivity contribution is -0.122. The highest BCUT2D eigenvalue weighted by molar-refractivity contribution is 5.77. The molecule has 0 saturated carbocycles. The SMILES string of the molecule is COc1ccccc1OCC(=O)NCC#CCOc1cccc2c1OC(C)(C)C2. The zero-order valence-corrected chi connectivity index (χ0v) is 16.9. The summed E-state index contributed by atoms with van der Waals surface area (Å²) in [6.45, 7) is 4.43. The molecule has 6 nitrogen and oxygen atoms in total. The minimum atomic E-state index is -0.261. The molecule has 1 amide bonds. The second kappa shape index (κ2) is 9.24. The van der Waals surface area contributed by atoms with Gasteiger partial charge < -0.3 is 24.3 Å². The summed E-state index contributed by atoms with van der Waals surface area (Å²) >= 11 is 0. The number of amides is 1. The van der Waals surface area contributed by atoms with Crippen molar-refractivity contribution in [2.24, 2.45) is 0 Å². The van der Waals surface area contributed by atoms with Crippen LogP contribution in [0.5, 0.6) is 23.0 Å². The van der Waals surface area contributed by atoms with E-state index in [4.69, 9.17) is 18.9 Å². The average Bonchev–Trinajstić information content (AvgIpc) is 3.03. The van der Waals surface area contributed by atoms with Gasteiger partial charge in [0.1, 0.15) is 12.2 Å². The van der Waals surface area contributed by atoms with E-state index in [-0.39, 0.29) is 31.3 Å². The van der Waals surface area contributed by atoms with E-state index in [0.717, 1.165) is 17.7 Å². The van der Waals surface area contributed by atoms with Crippen LogP contribution in [0.25, 0.3) is 0 Å². The quantitative estimate of drug-likeness (QED) is 0.730. The van der Waals surface area contributed by atoms with Crippen LogP contribution in [0.3, 0.4) is 0 Å². The molecule has 0 fully saturated rings. The second-order valence-corrected chi connectivity index (χ2v) is 7.14. The van der Waals surface area contributed by atoms with E-state index in [1.54, 1.807) is 19.2 Å². The first-order chi connectivity index (χ1) is 14.0. The third-order valence-corrected chi connectivity index (χ3v) is 4.28. The number of fused-ring (bicyclic) bond motifs is 1. The van der Waals surface area contributed by atoms with Crippen LogP contribution in [0, 0.1) is 11.8 Å². The van der Waals surface area contributed by atoms with Crippen molar-refractivity contribution in [3.63, 3.8) is 0 Å². The predicted octanol–water partition coefficient (Wildman–Crippen LogP) is 2.99. The number of methoxy groups -OCH3 is 1. The fourth-order valence-electron chi connectivity index (χ4n) is 3.00. The van der Waals surface area contributed by atoms with Crippen LogP contribution < -0.4 is 24.3 Å². The van der Waals surface area contributed by atoms with Crippen molar-refractivity contribution in [2.75, 3.05) is 26.9 Å². The highest BCUT2D eigenvalue weighted by Gasteiger charge is 2.32. The van der Waals surface area contributed by atoms with Crippen molar-refractivity contribution in [2.45, 2.75) is 25.9 Å². The van der Waals surface area contributed by atoms with Gasteiger partial charge in [0.05, 0.1) is 13.7 Å². The van der Waals surface area contributed by atoms with Crippen molar-refractivity contribution in [1.29, 1.82) is 0 Å². The Kier molecular flexibility index (Phi) is 6.50. The van der Waals surface area contributed by atoms with Gasteiger partial charge in [-0.15, -0.1) is 0 Å². The van der Waals surface area contributed by atoms with E-state index >= 15 is 0 Å². The van der Waals surface area contributed by atoms with E-state index in [2.05, 4.69) is 31.0 Å². The summed E-state index contributed by atoms with van der Waals surface area (Å²) < 4.78 is 22.3. The fourth-order valence-corrected chi connectivity index (χ4v) is 3.00. The van der Waals surface area contributed by atoms with Gasteiger partial charge in [0.15, 0.2) is 29.6 Å². The summed E-state index contributed by atoms with van der Waals surface area (Å²) in [4.78, 5) is 11.9. The van der Waals surface area contributed by atoms with Crippen molar-refractivity contribution < 1.29 is 23.7 Å². The molecule has 1 aliphatic heterocycles. The van der Waals surface area contributed by atoms with Crippen molar-refractivity contribution >= 4 is 5.91 Å². The zero-order valence-electron chi connectivity index (χ0n) is 16.9.